The molecule has 0 aromatic heterocycles. The monoisotopic (exact) mass is 308 g/mol. The fourth-order valence-corrected chi connectivity index (χ4v) is 2.03. The van der Waals surface area contributed by atoms with E-state index in [0.717, 1.165) is 5.56 Å². The predicted molar refractivity (Wildman–Crippen MR) is 88.1 cm³/mol. The van der Waals surface area contributed by atoms with Crippen LogP contribution in [0, 0.1) is 18.3 Å². The lowest BCUT2D eigenvalue weighted by Crippen LogP contribution is -2.13. The minimum atomic E-state index is -0.506. The number of phenolic OH excluding ortho intramolecular Hbond substituents is 1. The molecule has 0 heterocycles. The van der Waals surface area contributed by atoms with Gasteiger partial charge in [0, 0.05) is 5.69 Å². The Hall–Kier alpha value is -3.26. The van der Waals surface area contributed by atoms with E-state index in [0.29, 0.717) is 17.0 Å². The van der Waals surface area contributed by atoms with Gasteiger partial charge in [-0.25, -0.2) is 0 Å². The van der Waals surface area contributed by atoms with Crippen molar-refractivity contribution in [3.8, 4) is 17.6 Å². The number of amides is 1. The highest BCUT2D eigenvalue weighted by Gasteiger charge is 2.10. The number of benzene rings is 2. The van der Waals surface area contributed by atoms with Gasteiger partial charge >= 0.3 is 0 Å². The molecular formula is C18H16N2O3. The van der Waals surface area contributed by atoms with Crippen molar-refractivity contribution in [1.82, 2.24) is 0 Å². The van der Waals surface area contributed by atoms with E-state index < -0.39 is 5.91 Å². The summed E-state index contributed by atoms with van der Waals surface area (Å²) >= 11 is 0. The van der Waals surface area contributed by atoms with Crippen molar-refractivity contribution in [1.29, 1.82) is 5.26 Å². The van der Waals surface area contributed by atoms with Crippen LogP contribution in [0.4, 0.5) is 5.69 Å². The molecule has 116 valence electrons. The molecule has 0 fully saturated rings. The van der Waals surface area contributed by atoms with Gasteiger partial charge in [0.15, 0.2) is 11.5 Å². The first kappa shape index (κ1) is 16.1. The third-order valence-electron chi connectivity index (χ3n) is 3.15. The van der Waals surface area contributed by atoms with Crippen LogP contribution in [0.3, 0.4) is 0 Å². The van der Waals surface area contributed by atoms with Gasteiger partial charge in [0.25, 0.3) is 5.91 Å². The largest absolute Gasteiger partial charge is 0.504 e. The molecule has 2 N–H and O–H groups in total. The maximum Gasteiger partial charge on any atom is 0.266 e. The molecule has 1 amide bonds. The van der Waals surface area contributed by atoms with Crippen LogP contribution < -0.4 is 10.1 Å². The Bertz CT molecular complexity index is 804. The molecule has 0 aliphatic carbocycles. The summed E-state index contributed by atoms with van der Waals surface area (Å²) in [6.45, 7) is 1.91. The zero-order valence-corrected chi connectivity index (χ0v) is 12.8. The molecule has 0 bridgehead atoms. The van der Waals surface area contributed by atoms with E-state index in [2.05, 4.69) is 5.32 Å². The van der Waals surface area contributed by atoms with E-state index in [4.69, 9.17) is 4.74 Å². The number of phenols is 1. The molecule has 5 heteroatoms. The molecular weight excluding hydrogens is 292 g/mol. The average Bonchev–Trinajstić information content (AvgIpc) is 2.52. The van der Waals surface area contributed by atoms with Crippen molar-refractivity contribution >= 4 is 17.7 Å². The van der Waals surface area contributed by atoms with E-state index in [1.165, 1.54) is 19.3 Å². The highest BCUT2D eigenvalue weighted by Crippen LogP contribution is 2.27. The molecule has 2 rings (SSSR count). The molecule has 0 atom stereocenters. The average molecular weight is 308 g/mol. The Morgan fingerprint density at radius 2 is 2.09 bits per heavy atom. The Morgan fingerprint density at radius 1 is 1.30 bits per heavy atom. The summed E-state index contributed by atoms with van der Waals surface area (Å²) in [5.41, 5.74) is 2.09. The SMILES string of the molecule is COc1ccc(/C=C(\C#N)C(=O)Nc2cccc(C)c2)cc1O. The first-order valence-electron chi connectivity index (χ1n) is 6.90. The van der Waals surface area contributed by atoms with Crippen LogP contribution in [0.1, 0.15) is 11.1 Å². The Balaban J connectivity index is 2.23. The standard InChI is InChI=1S/C18H16N2O3/c1-12-4-3-5-15(8-12)20-18(22)14(11-19)9-13-6-7-17(23-2)16(21)10-13/h3-10,21H,1-2H3,(H,20,22)/b14-9+. The Kier molecular flexibility index (Phi) is 5.00. The van der Waals surface area contributed by atoms with Gasteiger partial charge in [-0.05, 0) is 48.4 Å². The topological polar surface area (TPSA) is 82.3 Å². The second-order valence-electron chi connectivity index (χ2n) is 4.92. The number of methoxy groups -OCH3 is 1. The summed E-state index contributed by atoms with van der Waals surface area (Å²) in [6, 6.07) is 13.8. The second-order valence-corrected chi connectivity index (χ2v) is 4.92. The van der Waals surface area contributed by atoms with Crippen LogP contribution in [0.5, 0.6) is 11.5 Å². The number of carbonyl (C=O) groups excluding carboxylic acids is 1. The first-order chi connectivity index (χ1) is 11.0. The quantitative estimate of drug-likeness (QED) is 0.671. The molecule has 5 nitrogen and oxygen atoms in total. The fraction of sp³-hybridized carbons (Fsp3) is 0.111. The number of rotatable bonds is 4. The maximum atomic E-state index is 12.2. The minimum absolute atomic E-state index is 0.0577. The number of nitrogens with one attached hydrogen (secondary N) is 1. The number of carbonyl (C=O) groups is 1. The van der Waals surface area contributed by atoms with Crippen LogP contribution >= 0.6 is 0 Å². The van der Waals surface area contributed by atoms with Crippen molar-refractivity contribution in [2.75, 3.05) is 12.4 Å². The summed E-state index contributed by atoms with van der Waals surface area (Å²) in [4.78, 5) is 12.2. The Labute approximate surface area is 134 Å². The molecule has 0 radical (unpaired) electrons. The zero-order valence-electron chi connectivity index (χ0n) is 12.8. The van der Waals surface area contributed by atoms with Crippen LogP contribution in [-0.4, -0.2) is 18.1 Å². The van der Waals surface area contributed by atoms with Gasteiger partial charge in [-0.2, -0.15) is 5.26 Å². The summed E-state index contributed by atoms with van der Waals surface area (Å²) in [5, 5.41) is 21.6. The summed E-state index contributed by atoms with van der Waals surface area (Å²) < 4.78 is 4.95. The summed E-state index contributed by atoms with van der Waals surface area (Å²) in [7, 11) is 1.45. The summed E-state index contributed by atoms with van der Waals surface area (Å²) in [5.74, 6) is -0.240. The van der Waals surface area contributed by atoms with E-state index in [-0.39, 0.29) is 11.3 Å². The highest BCUT2D eigenvalue weighted by molar-refractivity contribution is 6.09. The lowest BCUT2D eigenvalue weighted by Gasteiger charge is -2.06. The van der Waals surface area contributed by atoms with Gasteiger partial charge in [0.1, 0.15) is 11.6 Å². The third kappa shape index (κ3) is 4.11. The second kappa shape index (κ2) is 7.14. The Morgan fingerprint density at radius 3 is 2.70 bits per heavy atom. The fourth-order valence-electron chi connectivity index (χ4n) is 2.03. The minimum Gasteiger partial charge on any atom is -0.504 e. The predicted octanol–water partition coefficient (Wildman–Crippen LogP) is 3.25. The van der Waals surface area contributed by atoms with Crippen LogP contribution in [0.15, 0.2) is 48.0 Å². The van der Waals surface area contributed by atoms with Gasteiger partial charge in [-0.15, -0.1) is 0 Å². The van der Waals surface area contributed by atoms with Crippen molar-refractivity contribution in [2.24, 2.45) is 0 Å². The van der Waals surface area contributed by atoms with Crippen molar-refractivity contribution < 1.29 is 14.6 Å². The van der Waals surface area contributed by atoms with Crippen molar-refractivity contribution in [3.63, 3.8) is 0 Å². The molecule has 0 aliphatic rings. The number of hydrogen-bond donors (Lipinski definition) is 2. The van der Waals surface area contributed by atoms with Crippen molar-refractivity contribution in [3.05, 3.63) is 59.2 Å². The third-order valence-corrected chi connectivity index (χ3v) is 3.15. The highest BCUT2D eigenvalue weighted by atomic mass is 16.5. The molecule has 0 aliphatic heterocycles. The zero-order chi connectivity index (χ0) is 16.8. The van der Waals surface area contributed by atoms with Crippen molar-refractivity contribution in [2.45, 2.75) is 6.92 Å². The number of nitrogens with zero attached hydrogens (tertiary/aromatic N) is 1. The van der Waals surface area contributed by atoms with Gasteiger partial charge < -0.3 is 15.2 Å². The first-order valence-corrected chi connectivity index (χ1v) is 6.90. The maximum absolute atomic E-state index is 12.2. The van der Waals surface area contributed by atoms with E-state index in [9.17, 15) is 15.2 Å². The summed E-state index contributed by atoms with van der Waals surface area (Å²) in [6.07, 6.45) is 1.41. The molecule has 0 spiro atoms. The lowest BCUT2D eigenvalue weighted by molar-refractivity contribution is -0.112. The number of hydrogen-bond acceptors (Lipinski definition) is 4. The normalized spacial score (nSPS) is 10.7. The van der Waals surface area contributed by atoms with Gasteiger partial charge in [0.05, 0.1) is 7.11 Å². The van der Waals surface area contributed by atoms with Gasteiger partial charge in [-0.1, -0.05) is 18.2 Å². The number of ether oxygens (including phenoxy) is 1. The van der Waals surface area contributed by atoms with E-state index in [1.807, 2.05) is 31.2 Å². The lowest BCUT2D eigenvalue weighted by atomic mass is 10.1. The van der Waals surface area contributed by atoms with Gasteiger partial charge in [-0.3, -0.25) is 4.79 Å². The van der Waals surface area contributed by atoms with Gasteiger partial charge in [0.2, 0.25) is 0 Å². The number of aryl methyl sites for hydroxylation is 1. The van der Waals surface area contributed by atoms with Crippen LogP contribution in [0.2, 0.25) is 0 Å². The van der Waals surface area contributed by atoms with Crippen LogP contribution in [-0.2, 0) is 4.79 Å². The molecule has 0 saturated heterocycles. The molecule has 0 unspecified atom stereocenters. The van der Waals surface area contributed by atoms with E-state index in [1.54, 1.807) is 18.2 Å². The number of anilines is 1. The molecule has 0 saturated carbocycles. The number of nitriles is 1. The van der Waals surface area contributed by atoms with E-state index >= 15 is 0 Å². The smallest absolute Gasteiger partial charge is 0.266 e. The van der Waals surface area contributed by atoms with Crippen LogP contribution in [0.25, 0.3) is 6.08 Å². The molecule has 2 aromatic rings. The number of aromatic hydroxyl groups is 1. The molecule has 23 heavy (non-hydrogen) atoms. The molecule has 2 aromatic carbocycles.